The molecule has 0 fully saturated rings. The van der Waals surface area contributed by atoms with Crippen molar-refractivity contribution in [1.29, 1.82) is 0 Å². The van der Waals surface area contributed by atoms with Gasteiger partial charge in [-0.3, -0.25) is 5.10 Å². The van der Waals surface area contributed by atoms with Crippen molar-refractivity contribution in [3.8, 4) is 11.5 Å². The van der Waals surface area contributed by atoms with Crippen LogP contribution in [0.4, 0.5) is 5.95 Å². The van der Waals surface area contributed by atoms with Crippen LogP contribution in [0.15, 0.2) is 22.7 Å². The number of aryl methyl sites for hydroxylation is 2. The van der Waals surface area contributed by atoms with Crippen molar-refractivity contribution in [3.63, 3.8) is 0 Å². The fourth-order valence-corrected chi connectivity index (χ4v) is 3.10. The van der Waals surface area contributed by atoms with E-state index in [1.807, 2.05) is 19.1 Å². The summed E-state index contributed by atoms with van der Waals surface area (Å²) in [6.07, 6.45) is 7.53. The smallest absolute Gasteiger partial charge is 0.243 e. The van der Waals surface area contributed by atoms with E-state index in [1.54, 1.807) is 6.20 Å². The van der Waals surface area contributed by atoms with Gasteiger partial charge in [-0.1, -0.05) is 6.42 Å². The Morgan fingerprint density at radius 2 is 2.12 bits per heavy atom. The molecule has 0 unspecified atom stereocenters. The predicted octanol–water partition coefficient (Wildman–Crippen LogP) is 3.04. The van der Waals surface area contributed by atoms with E-state index < -0.39 is 0 Å². The number of aromatic amines is 1. The quantitative estimate of drug-likeness (QED) is 0.717. The summed E-state index contributed by atoms with van der Waals surface area (Å²) in [6, 6.07) is 3.79. The van der Waals surface area contributed by atoms with Crippen molar-refractivity contribution in [3.05, 3.63) is 41.0 Å². The fraction of sp³-hybridized carbons (Fsp3) is 0.412. The standard InChI is InChI=1S/C17H20N6O/c1-11-7-8-16(24-11)15-10-19-23-17(20-15)18-9-14-12-5-3-2-4-6-13(12)21-22-14/h7-8,10H,2-6,9H2,1H3,(H,21,22)(H,18,20,23). The van der Waals surface area contributed by atoms with E-state index in [-0.39, 0.29) is 0 Å². The molecule has 0 amide bonds. The SMILES string of the molecule is Cc1ccc(-c2cnnc(NCc3n[nH]c4c3CCCCC4)n2)o1. The van der Waals surface area contributed by atoms with Crippen LogP contribution in [0.5, 0.6) is 0 Å². The molecule has 0 aromatic carbocycles. The molecule has 0 spiro atoms. The molecule has 0 atom stereocenters. The van der Waals surface area contributed by atoms with Crippen LogP contribution in [0.25, 0.3) is 11.5 Å². The number of anilines is 1. The summed E-state index contributed by atoms with van der Waals surface area (Å²) in [5, 5.41) is 18.9. The van der Waals surface area contributed by atoms with Crippen LogP contribution in [-0.4, -0.2) is 25.4 Å². The van der Waals surface area contributed by atoms with Gasteiger partial charge < -0.3 is 9.73 Å². The molecule has 24 heavy (non-hydrogen) atoms. The Bertz CT molecular complexity index is 837. The first-order chi connectivity index (χ1) is 11.8. The van der Waals surface area contributed by atoms with Crippen molar-refractivity contribution < 1.29 is 4.42 Å². The van der Waals surface area contributed by atoms with Gasteiger partial charge >= 0.3 is 0 Å². The Hall–Kier alpha value is -2.70. The van der Waals surface area contributed by atoms with Crippen molar-refractivity contribution >= 4 is 5.95 Å². The minimum absolute atomic E-state index is 0.479. The minimum atomic E-state index is 0.479. The van der Waals surface area contributed by atoms with E-state index >= 15 is 0 Å². The van der Waals surface area contributed by atoms with Gasteiger partial charge in [0.15, 0.2) is 5.76 Å². The number of hydrogen-bond acceptors (Lipinski definition) is 6. The highest BCUT2D eigenvalue weighted by molar-refractivity contribution is 5.52. The molecule has 2 N–H and O–H groups in total. The van der Waals surface area contributed by atoms with Crippen LogP contribution in [0.2, 0.25) is 0 Å². The molecule has 3 aromatic rings. The van der Waals surface area contributed by atoms with E-state index in [2.05, 4.69) is 30.7 Å². The zero-order chi connectivity index (χ0) is 16.4. The number of furan rings is 1. The third-order valence-electron chi connectivity index (χ3n) is 4.36. The van der Waals surface area contributed by atoms with Gasteiger partial charge in [0.1, 0.15) is 11.5 Å². The first-order valence-electron chi connectivity index (χ1n) is 8.35. The Balaban J connectivity index is 1.49. The largest absolute Gasteiger partial charge is 0.460 e. The summed E-state index contributed by atoms with van der Waals surface area (Å²) in [7, 11) is 0. The van der Waals surface area contributed by atoms with E-state index in [4.69, 9.17) is 4.42 Å². The molecule has 7 nitrogen and oxygen atoms in total. The Morgan fingerprint density at radius 3 is 3.00 bits per heavy atom. The van der Waals surface area contributed by atoms with Gasteiger partial charge in [0.25, 0.3) is 0 Å². The topological polar surface area (TPSA) is 92.5 Å². The number of H-pyrrole nitrogens is 1. The monoisotopic (exact) mass is 324 g/mol. The number of rotatable bonds is 4. The van der Waals surface area contributed by atoms with Crippen LogP contribution in [-0.2, 0) is 19.4 Å². The molecule has 7 heteroatoms. The zero-order valence-corrected chi connectivity index (χ0v) is 13.7. The van der Waals surface area contributed by atoms with Gasteiger partial charge in [-0.2, -0.15) is 10.2 Å². The summed E-state index contributed by atoms with van der Waals surface area (Å²) in [5.41, 5.74) is 4.35. The molecule has 0 saturated carbocycles. The van der Waals surface area contributed by atoms with E-state index in [0.29, 0.717) is 23.9 Å². The average molecular weight is 324 g/mol. The highest BCUT2D eigenvalue weighted by atomic mass is 16.3. The van der Waals surface area contributed by atoms with Crippen LogP contribution < -0.4 is 5.32 Å². The zero-order valence-electron chi connectivity index (χ0n) is 13.7. The molecule has 0 aliphatic heterocycles. The number of hydrogen-bond donors (Lipinski definition) is 2. The van der Waals surface area contributed by atoms with Gasteiger partial charge in [-0.15, -0.1) is 5.10 Å². The molecule has 3 heterocycles. The molecule has 0 bridgehead atoms. The fourth-order valence-electron chi connectivity index (χ4n) is 3.10. The van der Waals surface area contributed by atoms with E-state index in [0.717, 1.165) is 24.3 Å². The second kappa shape index (κ2) is 6.43. The summed E-state index contributed by atoms with van der Waals surface area (Å²) in [4.78, 5) is 4.47. The van der Waals surface area contributed by atoms with Crippen molar-refractivity contribution in [1.82, 2.24) is 25.4 Å². The molecular formula is C17H20N6O. The summed E-state index contributed by atoms with van der Waals surface area (Å²) >= 11 is 0. The normalized spacial score (nSPS) is 14.2. The molecule has 3 aromatic heterocycles. The van der Waals surface area contributed by atoms with E-state index in [9.17, 15) is 0 Å². The Morgan fingerprint density at radius 1 is 1.21 bits per heavy atom. The van der Waals surface area contributed by atoms with Gasteiger partial charge in [-0.25, -0.2) is 4.98 Å². The number of aromatic nitrogens is 5. The lowest BCUT2D eigenvalue weighted by Gasteiger charge is -2.05. The maximum atomic E-state index is 5.59. The number of fused-ring (bicyclic) bond motifs is 1. The highest BCUT2D eigenvalue weighted by Gasteiger charge is 2.16. The lowest BCUT2D eigenvalue weighted by Crippen LogP contribution is -2.07. The van der Waals surface area contributed by atoms with Gasteiger partial charge in [-0.05, 0) is 50.3 Å². The second-order valence-corrected chi connectivity index (χ2v) is 6.12. The van der Waals surface area contributed by atoms with Crippen molar-refractivity contribution in [2.45, 2.75) is 45.6 Å². The summed E-state index contributed by atoms with van der Waals surface area (Å²) in [5.74, 6) is 2.02. The van der Waals surface area contributed by atoms with Crippen LogP contribution in [0, 0.1) is 6.92 Å². The summed E-state index contributed by atoms with van der Waals surface area (Å²) < 4.78 is 5.59. The maximum Gasteiger partial charge on any atom is 0.243 e. The van der Waals surface area contributed by atoms with Gasteiger partial charge in [0.05, 0.1) is 18.4 Å². The third-order valence-corrected chi connectivity index (χ3v) is 4.36. The Labute approximate surface area is 139 Å². The molecule has 1 aliphatic rings. The lowest BCUT2D eigenvalue weighted by atomic mass is 10.1. The average Bonchev–Trinajstić information content (AvgIpc) is 3.13. The Kier molecular flexibility index (Phi) is 3.98. The number of nitrogens with zero attached hydrogens (tertiary/aromatic N) is 4. The third kappa shape index (κ3) is 3.02. The van der Waals surface area contributed by atoms with Crippen LogP contribution in [0.1, 0.15) is 42.0 Å². The first kappa shape index (κ1) is 14.9. The molecule has 0 radical (unpaired) electrons. The maximum absolute atomic E-state index is 5.59. The van der Waals surface area contributed by atoms with E-state index in [1.165, 1.54) is 30.5 Å². The van der Waals surface area contributed by atoms with Crippen LogP contribution >= 0.6 is 0 Å². The first-order valence-corrected chi connectivity index (χ1v) is 8.35. The van der Waals surface area contributed by atoms with Crippen molar-refractivity contribution in [2.24, 2.45) is 0 Å². The molecule has 124 valence electrons. The molecule has 0 saturated heterocycles. The molecule has 1 aliphatic carbocycles. The lowest BCUT2D eigenvalue weighted by molar-refractivity contribution is 0.545. The van der Waals surface area contributed by atoms with Crippen molar-refractivity contribution in [2.75, 3.05) is 5.32 Å². The predicted molar refractivity (Wildman–Crippen MR) is 89.4 cm³/mol. The van der Waals surface area contributed by atoms with Gasteiger partial charge in [0.2, 0.25) is 5.95 Å². The highest BCUT2D eigenvalue weighted by Crippen LogP contribution is 2.23. The number of nitrogens with one attached hydrogen (secondary N) is 2. The molecule has 4 rings (SSSR count). The van der Waals surface area contributed by atoms with Gasteiger partial charge in [0, 0.05) is 5.69 Å². The summed E-state index contributed by atoms with van der Waals surface area (Å²) in [6.45, 7) is 2.49. The second-order valence-electron chi connectivity index (χ2n) is 6.12. The minimum Gasteiger partial charge on any atom is -0.460 e. The van der Waals surface area contributed by atoms with Crippen LogP contribution in [0.3, 0.4) is 0 Å². The molecular weight excluding hydrogens is 304 g/mol.